The minimum Gasteiger partial charge on any atom is -0.304 e. The number of benzene rings is 2. The number of pyridine rings is 1. The number of halogens is 1. The van der Waals surface area contributed by atoms with E-state index < -0.39 is 0 Å². The first-order chi connectivity index (χ1) is 13.2. The fourth-order valence-corrected chi connectivity index (χ4v) is 4.65. The van der Waals surface area contributed by atoms with Gasteiger partial charge in [0.15, 0.2) is 5.82 Å². The van der Waals surface area contributed by atoms with Crippen LogP contribution in [0.1, 0.15) is 27.9 Å². The van der Waals surface area contributed by atoms with Crippen LogP contribution >= 0.6 is 23.4 Å². The van der Waals surface area contributed by atoms with Gasteiger partial charge in [-0.05, 0) is 24.1 Å². The first kappa shape index (κ1) is 16.6. The van der Waals surface area contributed by atoms with E-state index in [2.05, 4.69) is 44.9 Å². The number of hydrogen-bond acceptors (Lipinski definition) is 5. The van der Waals surface area contributed by atoms with E-state index in [0.29, 0.717) is 5.15 Å². The molecule has 2 aromatic heterocycles. The number of rotatable bonds is 3. The monoisotopic (exact) mass is 393 g/mol. The molecule has 27 heavy (non-hydrogen) atoms. The second kappa shape index (κ2) is 6.55. The highest BCUT2D eigenvalue weighted by Crippen LogP contribution is 2.41. The molecule has 2 aromatic carbocycles. The second-order valence-corrected chi connectivity index (χ2v) is 7.97. The van der Waals surface area contributed by atoms with E-state index in [-0.39, 0.29) is 5.37 Å². The lowest BCUT2D eigenvalue weighted by Crippen LogP contribution is -2.16. The van der Waals surface area contributed by atoms with Gasteiger partial charge >= 0.3 is 0 Å². The summed E-state index contributed by atoms with van der Waals surface area (Å²) in [5.74, 6) is 0.881. The predicted octanol–water partition coefficient (Wildman–Crippen LogP) is 4.73. The zero-order chi connectivity index (χ0) is 18.4. The average Bonchev–Trinajstić information content (AvgIpc) is 3.25. The third-order valence-corrected chi connectivity index (χ3v) is 6.06. The third kappa shape index (κ3) is 2.95. The normalized spacial score (nSPS) is 15.7. The van der Waals surface area contributed by atoms with Gasteiger partial charge in [-0.25, -0.2) is 9.66 Å². The van der Waals surface area contributed by atoms with Crippen LogP contribution in [0.4, 0.5) is 0 Å². The Morgan fingerprint density at radius 2 is 1.96 bits per heavy atom. The van der Waals surface area contributed by atoms with Crippen molar-refractivity contribution in [1.29, 1.82) is 0 Å². The summed E-state index contributed by atoms with van der Waals surface area (Å²) in [4.78, 5) is 4.62. The van der Waals surface area contributed by atoms with E-state index in [9.17, 15) is 0 Å². The lowest BCUT2D eigenvalue weighted by molar-refractivity contribution is 0.746. The summed E-state index contributed by atoms with van der Waals surface area (Å²) in [7, 11) is 0. The number of fused-ring (bicyclic) bond motifs is 2. The van der Waals surface area contributed by atoms with Gasteiger partial charge in [0.2, 0.25) is 5.16 Å². The summed E-state index contributed by atoms with van der Waals surface area (Å²) in [6, 6.07) is 18.5. The zero-order valence-electron chi connectivity index (χ0n) is 14.6. The molecule has 0 spiro atoms. The summed E-state index contributed by atoms with van der Waals surface area (Å²) in [6.45, 7) is 2.05. The Labute approximate surface area is 165 Å². The van der Waals surface area contributed by atoms with Crippen LogP contribution < -0.4 is 5.43 Å². The van der Waals surface area contributed by atoms with Crippen LogP contribution in [0.25, 0.3) is 10.9 Å². The number of nitrogens with one attached hydrogen (secondary N) is 1. The van der Waals surface area contributed by atoms with Gasteiger partial charge in [0.05, 0.1) is 5.52 Å². The Balaban J connectivity index is 1.46. The molecule has 0 bridgehead atoms. The fraction of sp³-hybridized carbons (Fsp3) is 0.150. The molecule has 0 fully saturated rings. The largest absolute Gasteiger partial charge is 0.304 e. The Hall–Kier alpha value is -2.57. The molecule has 0 amide bonds. The van der Waals surface area contributed by atoms with Crippen LogP contribution in [0.15, 0.2) is 59.8 Å². The van der Waals surface area contributed by atoms with Crippen molar-refractivity contribution in [3.8, 4) is 0 Å². The van der Waals surface area contributed by atoms with Crippen molar-refractivity contribution in [2.45, 2.75) is 23.9 Å². The number of para-hydroxylation sites is 1. The molecular weight excluding hydrogens is 378 g/mol. The molecule has 0 saturated heterocycles. The van der Waals surface area contributed by atoms with Gasteiger partial charge in [0, 0.05) is 17.4 Å². The standard InChI is InChI=1S/C20H16ClN5S/c1-12-6-5-9-14-11-15(18(21)22-17(12)14)19-25-26-16(23-24-20(26)27-19)10-13-7-3-2-4-8-13/h2-9,11,19,25H,10H2,1H3. The first-order valence-electron chi connectivity index (χ1n) is 8.66. The lowest BCUT2D eigenvalue weighted by Gasteiger charge is -2.14. The molecule has 3 heterocycles. The number of aromatic nitrogens is 4. The van der Waals surface area contributed by atoms with E-state index in [1.165, 1.54) is 5.56 Å². The van der Waals surface area contributed by atoms with Crippen LogP contribution in [-0.4, -0.2) is 19.9 Å². The highest BCUT2D eigenvalue weighted by atomic mass is 35.5. The summed E-state index contributed by atoms with van der Waals surface area (Å²) in [6.07, 6.45) is 0.719. The molecule has 5 nitrogen and oxygen atoms in total. The molecule has 0 radical (unpaired) electrons. The van der Waals surface area contributed by atoms with Gasteiger partial charge in [-0.1, -0.05) is 71.9 Å². The van der Waals surface area contributed by atoms with Gasteiger partial charge in [-0.3, -0.25) is 0 Å². The maximum Gasteiger partial charge on any atom is 0.212 e. The Morgan fingerprint density at radius 1 is 1.11 bits per heavy atom. The predicted molar refractivity (Wildman–Crippen MR) is 109 cm³/mol. The van der Waals surface area contributed by atoms with Crippen LogP contribution in [0.3, 0.4) is 0 Å². The molecule has 0 saturated carbocycles. The third-order valence-electron chi connectivity index (χ3n) is 4.69. The summed E-state index contributed by atoms with van der Waals surface area (Å²) in [5.41, 5.74) is 7.69. The molecule has 1 aliphatic heterocycles. The van der Waals surface area contributed by atoms with Crippen LogP contribution in [-0.2, 0) is 6.42 Å². The topological polar surface area (TPSA) is 55.6 Å². The van der Waals surface area contributed by atoms with Crippen LogP contribution in [0.2, 0.25) is 5.15 Å². The molecule has 134 valence electrons. The van der Waals surface area contributed by atoms with E-state index in [1.54, 1.807) is 11.8 Å². The molecule has 1 unspecified atom stereocenters. The van der Waals surface area contributed by atoms with Gasteiger partial charge in [-0.15, -0.1) is 10.2 Å². The Kier molecular flexibility index (Phi) is 4.02. The smallest absolute Gasteiger partial charge is 0.212 e. The fourth-order valence-electron chi connectivity index (χ4n) is 3.31. The summed E-state index contributed by atoms with van der Waals surface area (Å²) < 4.78 is 1.96. The number of thioether (sulfide) groups is 1. The Bertz CT molecular complexity index is 1140. The van der Waals surface area contributed by atoms with Gasteiger partial charge in [0.25, 0.3) is 0 Å². The van der Waals surface area contributed by atoms with Gasteiger partial charge in [0.1, 0.15) is 10.5 Å². The van der Waals surface area contributed by atoms with Crippen molar-refractivity contribution in [3.05, 3.63) is 82.3 Å². The van der Waals surface area contributed by atoms with Crippen molar-refractivity contribution < 1.29 is 0 Å². The summed E-state index contributed by atoms with van der Waals surface area (Å²) >= 11 is 8.13. The molecule has 4 aromatic rings. The first-order valence-corrected chi connectivity index (χ1v) is 9.92. The highest BCUT2D eigenvalue weighted by molar-refractivity contribution is 7.99. The molecule has 1 N–H and O–H groups in total. The second-order valence-electron chi connectivity index (χ2n) is 6.54. The Morgan fingerprint density at radius 3 is 2.81 bits per heavy atom. The SMILES string of the molecule is Cc1cccc2cc(C3Nn4c(Cc5ccccc5)nnc4S3)c(Cl)nc12. The van der Waals surface area contributed by atoms with E-state index in [1.807, 2.05) is 41.9 Å². The van der Waals surface area contributed by atoms with Gasteiger partial charge in [-0.2, -0.15) is 0 Å². The van der Waals surface area contributed by atoms with Crippen molar-refractivity contribution in [2.24, 2.45) is 0 Å². The molecule has 0 aliphatic carbocycles. The minimum absolute atomic E-state index is 0.0464. The van der Waals surface area contributed by atoms with Gasteiger partial charge < -0.3 is 5.43 Å². The maximum atomic E-state index is 6.52. The zero-order valence-corrected chi connectivity index (χ0v) is 16.1. The lowest BCUT2D eigenvalue weighted by atomic mass is 10.1. The molecule has 1 atom stereocenters. The average molecular weight is 394 g/mol. The van der Waals surface area contributed by atoms with Crippen LogP contribution in [0.5, 0.6) is 0 Å². The van der Waals surface area contributed by atoms with E-state index in [4.69, 9.17) is 11.6 Å². The van der Waals surface area contributed by atoms with Crippen molar-refractivity contribution in [3.63, 3.8) is 0 Å². The quantitative estimate of drug-likeness (QED) is 0.510. The van der Waals surface area contributed by atoms with Crippen molar-refractivity contribution in [2.75, 3.05) is 5.43 Å². The molecular formula is C20H16ClN5S. The maximum absolute atomic E-state index is 6.52. The van der Waals surface area contributed by atoms with Crippen molar-refractivity contribution >= 4 is 34.3 Å². The number of nitrogens with zero attached hydrogens (tertiary/aromatic N) is 4. The molecule has 1 aliphatic rings. The molecule has 5 rings (SSSR count). The minimum atomic E-state index is -0.0464. The van der Waals surface area contributed by atoms with E-state index >= 15 is 0 Å². The van der Waals surface area contributed by atoms with E-state index in [0.717, 1.165) is 39.4 Å². The highest BCUT2D eigenvalue weighted by Gasteiger charge is 2.29. The van der Waals surface area contributed by atoms with Crippen LogP contribution in [0, 0.1) is 6.92 Å². The number of aryl methyl sites for hydroxylation is 1. The van der Waals surface area contributed by atoms with Crippen molar-refractivity contribution in [1.82, 2.24) is 19.9 Å². The molecule has 7 heteroatoms. The summed E-state index contributed by atoms with van der Waals surface area (Å²) in [5, 5.41) is 11.0. The number of hydrogen-bond donors (Lipinski definition) is 1.